The van der Waals surface area contributed by atoms with E-state index >= 15 is 0 Å². The molecule has 0 spiro atoms. The second kappa shape index (κ2) is 5.43. The number of rotatable bonds is 5. The first kappa shape index (κ1) is 12.3. The number of hydrogen-bond acceptors (Lipinski definition) is 6. The maximum atomic E-state index is 11.5. The molecule has 0 unspecified atom stereocenters. The fraction of sp³-hybridized carbons (Fsp3) is 0.100. The van der Waals surface area contributed by atoms with E-state index in [-0.39, 0.29) is 12.3 Å². The van der Waals surface area contributed by atoms with Crippen LogP contribution in [0.3, 0.4) is 0 Å². The lowest BCUT2D eigenvalue weighted by atomic mass is 10.4. The summed E-state index contributed by atoms with van der Waals surface area (Å²) < 4.78 is 5.15. The highest BCUT2D eigenvalue weighted by Crippen LogP contribution is 2.23. The highest BCUT2D eigenvalue weighted by atomic mass is 32.1. The Morgan fingerprint density at radius 2 is 2.39 bits per heavy atom. The molecule has 2 aromatic rings. The largest absolute Gasteiger partial charge is 0.462 e. The number of hydrogen-bond donors (Lipinski definition) is 2. The molecular formula is C10H9N3O4S. The minimum atomic E-state index is -0.676. The van der Waals surface area contributed by atoms with Crippen molar-refractivity contribution < 1.29 is 18.8 Å². The van der Waals surface area contributed by atoms with Gasteiger partial charge < -0.3 is 10.2 Å². The molecular weight excluding hydrogens is 258 g/mol. The van der Waals surface area contributed by atoms with E-state index in [2.05, 4.69) is 15.3 Å². The molecule has 0 atom stereocenters. The van der Waals surface area contributed by atoms with E-state index in [1.807, 2.05) is 0 Å². The number of aromatic nitrogens is 1. The summed E-state index contributed by atoms with van der Waals surface area (Å²) in [6.45, 7) is -0.388. The first-order chi connectivity index (χ1) is 8.66. The fourth-order valence-corrected chi connectivity index (χ4v) is 1.88. The van der Waals surface area contributed by atoms with E-state index in [9.17, 15) is 9.59 Å². The number of furan rings is 1. The van der Waals surface area contributed by atoms with E-state index < -0.39 is 11.8 Å². The van der Waals surface area contributed by atoms with Crippen LogP contribution in [-0.4, -0.2) is 23.4 Å². The van der Waals surface area contributed by atoms with Gasteiger partial charge in [0.25, 0.3) is 5.91 Å². The van der Waals surface area contributed by atoms with Crippen LogP contribution in [0.5, 0.6) is 0 Å². The molecule has 94 valence electrons. The molecule has 0 radical (unpaired) electrons. The van der Waals surface area contributed by atoms with E-state index in [0.717, 1.165) is 0 Å². The van der Waals surface area contributed by atoms with Crippen molar-refractivity contribution in [1.29, 1.82) is 0 Å². The Hall–Kier alpha value is -2.19. The van der Waals surface area contributed by atoms with Gasteiger partial charge in [0.05, 0.1) is 6.26 Å². The number of nitrogens with one attached hydrogen (secondary N) is 1. The number of carbonyl (C=O) groups excluding carboxylic acids is 2. The summed E-state index contributed by atoms with van der Waals surface area (Å²) in [5.41, 5.74) is 7.08. The molecule has 2 amide bonds. The van der Waals surface area contributed by atoms with Crippen molar-refractivity contribution >= 4 is 23.2 Å². The summed E-state index contributed by atoms with van der Waals surface area (Å²) in [6, 6.07) is 3.47. The van der Waals surface area contributed by atoms with Crippen molar-refractivity contribution in [2.45, 2.75) is 0 Å². The lowest BCUT2D eigenvalue weighted by Crippen LogP contribution is -2.29. The van der Waals surface area contributed by atoms with Crippen LogP contribution < -0.4 is 11.2 Å². The van der Waals surface area contributed by atoms with E-state index in [0.29, 0.717) is 10.8 Å². The molecule has 18 heavy (non-hydrogen) atoms. The van der Waals surface area contributed by atoms with Crippen LogP contribution >= 0.6 is 11.3 Å². The summed E-state index contributed by atoms with van der Waals surface area (Å²) in [5, 5.41) is 2.14. The molecule has 2 aromatic heterocycles. The Morgan fingerprint density at radius 3 is 3.06 bits per heavy atom. The predicted molar refractivity (Wildman–Crippen MR) is 62.4 cm³/mol. The highest BCUT2D eigenvalue weighted by Gasteiger charge is 2.13. The van der Waals surface area contributed by atoms with Gasteiger partial charge in [-0.25, -0.2) is 10.5 Å². The fourth-order valence-electron chi connectivity index (χ4n) is 1.12. The van der Waals surface area contributed by atoms with Gasteiger partial charge in [0, 0.05) is 5.38 Å². The lowest BCUT2D eigenvalue weighted by Gasteiger charge is -2.00. The standard InChI is InChI=1S/C10H9N3O4S/c11-8(14)4-17-13-9(15)6-5-18-10(12-6)7-2-1-3-16-7/h1-3,5H,4H2,(H2,11,14)(H,13,15). The summed E-state index contributed by atoms with van der Waals surface area (Å²) in [4.78, 5) is 30.6. The van der Waals surface area contributed by atoms with Gasteiger partial charge in [-0.3, -0.25) is 14.4 Å². The van der Waals surface area contributed by atoms with E-state index in [4.69, 9.17) is 10.2 Å². The Kier molecular flexibility index (Phi) is 3.70. The molecule has 0 aliphatic rings. The highest BCUT2D eigenvalue weighted by molar-refractivity contribution is 7.13. The van der Waals surface area contributed by atoms with Gasteiger partial charge in [-0.2, -0.15) is 0 Å². The van der Waals surface area contributed by atoms with Crippen molar-refractivity contribution in [2.24, 2.45) is 5.73 Å². The number of primary amides is 1. The minimum absolute atomic E-state index is 0.177. The minimum Gasteiger partial charge on any atom is -0.462 e. The first-order valence-electron chi connectivity index (χ1n) is 4.86. The molecule has 0 bridgehead atoms. The van der Waals surface area contributed by atoms with Gasteiger partial charge >= 0.3 is 0 Å². The van der Waals surface area contributed by atoms with E-state index in [1.54, 1.807) is 17.5 Å². The lowest BCUT2D eigenvalue weighted by molar-refractivity contribution is -0.124. The smallest absolute Gasteiger partial charge is 0.294 e. The van der Waals surface area contributed by atoms with Gasteiger partial charge in [-0.15, -0.1) is 11.3 Å². The number of nitrogens with zero attached hydrogens (tertiary/aromatic N) is 1. The number of nitrogens with two attached hydrogens (primary N) is 1. The topological polar surface area (TPSA) is 107 Å². The summed E-state index contributed by atoms with van der Waals surface area (Å²) in [7, 11) is 0. The van der Waals surface area contributed by atoms with Crippen LogP contribution in [0.2, 0.25) is 0 Å². The molecule has 2 heterocycles. The first-order valence-corrected chi connectivity index (χ1v) is 5.74. The zero-order chi connectivity index (χ0) is 13.0. The van der Waals surface area contributed by atoms with Crippen LogP contribution in [0.15, 0.2) is 28.2 Å². The summed E-state index contributed by atoms with van der Waals surface area (Å²) >= 11 is 1.26. The van der Waals surface area contributed by atoms with Crippen LogP contribution in [0.1, 0.15) is 10.5 Å². The third-order valence-corrected chi connectivity index (χ3v) is 2.70. The molecule has 0 saturated carbocycles. The molecule has 8 heteroatoms. The van der Waals surface area contributed by atoms with Gasteiger partial charge in [0.1, 0.15) is 5.69 Å². The summed E-state index contributed by atoms with van der Waals surface area (Å²) in [5.74, 6) is -0.646. The Morgan fingerprint density at radius 1 is 1.56 bits per heavy atom. The van der Waals surface area contributed by atoms with Gasteiger partial charge in [0.15, 0.2) is 17.4 Å². The van der Waals surface area contributed by atoms with Crippen LogP contribution in [0.25, 0.3) is 10.8 Å². The van der Waals surface area contributed by atoms with Crippen LogP contribution in [0, 0.1) is 0 Å². The van der Waals surface area contributed by atoms with Gasteiger partial charge in [0.2, 0.25) is 5.91 Å². The normalized spacial score (nSPS) is 10.2. The molecule has 7 nitrogen and oxygen atoms in total. The molecule has 0 aromatic carbocycles. The maximum Gasteiger partial charge on any atom is 0.294 e. The number of carbonyl (C=O) groups is 2. The molecule has 2 rings (SSSR count). The quantitative estimate of drug-likeness (QED) is 0.769. The Bertz CT molecular complexity index is 549. The Balaban J connectivity index is 1.97. The molecule has 3 N–H and O–H groups in total. The SMILES string of the molecule is NC(=O)CONC(=O)c1csc(-c2ccco2)n1. The average molecular weight is 267 g/mol. The van der Waals surface area contributed by atoms with Crippen molar-refractivity contribution in [1.82, 2.24) is 10.5 Å². The zero-order valence-corrected chi connectivity index (χ0v) is 9.90. The number of hydroxylamine groups is 1. The van der Waals surface area contributed by atoms with Crippen molar-refractivity contribution in [3.05, 3.63) is 29.5 Å². The molecule has 0 fully saturated rings. The van der Waals surface area contributed by atoms with Crippen LogP contribution in [0.4, 0.5) is 0 Å². The average Bonchev–Trinajstić information content (AvgIpc) is 2.99. The molecule has 0 saturated heterocycles. The second-order valence-electron chi connectivity index (χ2n) is 3.20. The van der Waals surface area contributed by atoms with Crippen molar-refractivity contribution in [2.75, 3.05) is 6.61 Å². The third-order valence-electron chi connectivity index (χ3n) is 1.85. The second-order valence-corrected chi connectivity index (χ2v) is 4.06. The monoisotopic (exact) mass is 267 g/mol. The number of amides is 2. The zero-order valence-electron chi connectivity index (χ0n) is 9.08. The van der Waals surface area contributed by atoms with E-state index in [1.165, 1.54) is 17.6 Å². The number of thiazole rings is 1. The molecule has 0 aliphatic heterocycles. The van der Waals surface area contributed by atoms with Gasteiger partial charge in [-0.05, 0) is 12.1 Å². The van der Waals surface area contributed by atoms with Crippen molar-refractivity contribution in [3.63, 3.8) is 0 Å². The van der Waals surface area contributed by atoms with Crippen molar-refractivity contribution in [3.8, 4) is 10.8 Å². The molecule has 0 aliphatic carbocycles. The summed E-state index contributed by atoms with van der Waals surface area (Å²) in [6.07, 6.45) is 1.52. The van der Waals surface area contributed by atoms with Crippen LogP contribution in [-0.2, 0) is 9.63 Å². The van der Waals surface area contributed by atoms with Gasteiger partial charge in [-0.1, -0.05) is 0 Å². The predicted octanol–water partition coefficient (Wildman–Crippen LogP) is 0.550. The maximum absolute atomic E-state index is 11.5. The third kappa shape index (κ3) is 2.93. The Labute approximate surface area is 106 Å².